The Kier molecular flexibility index (Phi) is 16.5. The number of aliphatic carboxylic acids is 1. The molecule has 0 unspecified atom stereocenters. The van der Waals surface area contributed by atoms with Crippen LogP contribution in [0.3, 0.4) is 0 Å². The Morgan fingerprint density at radius 2 is 1.92 bits per heavy atom. The quantitative estimate of drug-likeness (QED) is 0.479. The zero-order valence-electron chi connectivity index (χ0n) is 7.53. The zero-order valence-corrected chi connectivity index (χ0v) is 8.29. The van der Waals surface area contributed by atoms with Gasteiger partial charge in [-0.05, 0) is 0 Å². The highest BCUT2D eigenvalue weighted by molar-refractivity contribution is 6.26. The molecule has 0 aliphatic rings. The van der Waals surface area contributed by atoms with Gasteiger partial charge in [0.1, 0.15) is 5.88 Å². The highest BCUT2D eigenvalue weighted by atomic mass is 35.5. The van der Waals surface area contributed by atoms with Crippen LogP contribution in [-0.2, 0) is 14.3 Å². The van der Waals surface area contributed by atoms with Crippen LogP contribution in [0.1, 0.15) is 0 Å². The molecular formula is C7H15ClO5. The summed E-state index contributed by atoms with van der Waals surface area (Å²) in [6.07, 6.45) is 0. The molecule has 2 N–H and O–H groups in total. The summed E-state index contributed by atoms with van der Waals surface area (Å²) >= 11 is 4.74. The first kappa shape index (κ1) is 15.1. The van der Waals surface area contributed by atoms with Gasteiger partial charge in [-0.2, -0.15) is 0 Å². The van der Waals surface area contributed by atoms with Crippen LogP contribution in [0.25, 0.3) is 0 Å². The number of methoxy groups -OCH3 is 1. The molecule has 80 valence electrons. The van der Waals surface area contributed by atoms with E-state index in [0.29, 0.717) is 19.8 Å². The third kappa shape index (κ3) is 24.5. The summed E-state index contributed by atoms with van der Waals surface area (Å²) < 4.78 is 9.53. The smallest absolute Gasteiger partial charge is 0.318 e. The lowest BCUT2D eigenvalue weighted by molar-refractivity contribution is -0.134. The topological polar surface area (TPSA) is 76.0 Å². The van der Waals surface area contributed by atoms with Crippen molar-refractivity contribution in [2.75, 3.05) is 39.4 Å². The summed E-state index contributed by atoms with van der Waals surface area (Å²) in [4.78, 5) is 9.24. The van der Waals surface area contributed by atoms with Gasteiger partial charge in [-0.15, -0.1) is 11.6 Å². The van der Waals surface area contributed by atoms with Crippen molar-refractivity contribution in [2.45, 2.75) is 0 Å². The normalized spacial score (nSPS) is 8.85. The third-order valence-electron chi connectivity index (χ3n) is 0.782. The highest BCUT2D eigenvalue weighted by Crippen LogP contribution is 1.72. The van der Waals surface area contributed by atoms with E-state index in [0.717, 1.165) is 0 Å². The van der Waals surface area contributed by atoms with Crippen molar-refractivity contribution in [3.63, 3.8) is 0 Å². The van der Waals surface area contributed by atoms with Gasteiger partial charge >= 0.3 is 5.97 Å². The Morgan fingerprint density at radius 3 is 2.23 bits per heavy atom. The van der Waals surface area contributed by atoms with Gasteiger partial charge in [0.15, 0.2) is 0 Å². The van der Waals surface area contributed by atoms with Crippen molar-refractivity contribution < 1.29 is 24.5 Å². The van der Waals surface area contributed by atoms with E-state index in [-0.39, 0.29) is 12.5 Å². The van der Waals surface area contributed by atoms with Gasteiger partial charge in [0, 0.05) is 7.11 Å². The fourth-order valence-electron chi connectivity index (χ4n) is 0.309. The highest BCUT2D eigenvalue weighted by Gasteiger charge is 1.83. The standard InChI is InChI=1S/C5H12O3.C2H3ClO2/c1-7-4-5-8-3-2-6;3-1-2(4)5/h6H,2-5H2,1H3;1H2,(H,4,5). The van der Waals surface area contributed by atoms with Crippen LogP contribution in [0.2, 0.25) is 0 Å². The van der Waals surface area contributed by atoms with Crippen LogP contribution < -0.4 is 0 Å². The molecule has 0 saturated heterocycles. The number of hydrogen-bond donors (Lipinski definition) is 2. The molecule has 0 amide bonds. The molecule has 6 heteroatoms. The average Bonchev–Trinajstić information content (AvgIpc) is 2.14. The van der Waals surface area contributed by atoms with E-state index >= 15 is 0 Å². The van der Waals surface area contributed by atoms with E-state index in [1.54, 1.807) is 7.11 Å². The second-order valence-electron chi connectivity index (χ2n) is 1.86. The van der Waals surface area contributed by atoms with Gasteiger partial charge in [0.2, 0.25) is 0 Å². The van der Waals surface area contributed by atoms with Crippen molar-refractivity contribution in [1.82, 2.24) is 0 Å². The number of hydrogen-bond acceptors (Lipinski definition) is 4. The molecule has 5 nitrogen and oxygen atoms in total. The number of aliphatic hydroxyl groups is 1. The van der Waals surface area contributed by atoms with Crippen LogP contribution >= 0.6 is 11.6 Å². The maximum atomic E-state index is 9.24. The minimum absolute atomic E-state index is 0.0870. The minimum Gasteiger partial charge on any atom is -0.480 e. The van der Waals surface area contributed by atoms with Crippen molar-refractivity contribution in [1.29, 1.82) is 0 Å². The molecule has 0 aliphatic carbocycles. The van der Waals surface area contributed by atoms with E-state index < -0.39 is 5.97 Å². The molecule has 0 aromatic heterocycles. The van der Waals surface area contributed by atoms with Crippen LogP contribution in [0.5, 0.6) is 0 Å². The number of carbonyl (C=O) groups is 1. The van der Waals surface area contributed by atoms with Crippen LogP contribution in [-0.4, -0.2) is 55.6 Å². The number of rotatable bonds is 6. The Balaban J connectivity index is 0. The van der Waals surface area contributed by atoms with Crippen LogP contribution in [0.15, 0.2) is 0 Å². The molecular weight excluding hydrogens is 200 g/mol. The van der Waals surface area contributed by atoms with Gasteiger partial charge in [-0.3, -0.25) is 4.79 Å². The molecule has 0 radical (unpaired) electrons. The predicted octanol–water partition coefficient (Wildman–Crippen LogP) is -0.0485. The maximum Gasteiger partial charge on any atom is 0.318 e. The Hall–Kier alpha value is -0.360. The van der Waals surface area contributed by atoms with Gasteiger partial charge in [-0.25, -0.2) is 0 Å². The summed E-state index contributed by atoms with van der Waals surface area (Å²) in [5, 5.41) is 15.8. The van der Waals surface area contributed by atoms with Gasteiger partial charge in [-0.1, -0.05) is 0 Å². The molecule has 0 aromatic carbocycles. The first-order valence-electron chi connectivity index (χ1n) is 3.64. The predicted molar refractivity (Wildman–Crippen MR) is 48.1 cm³/mol. The second kappa shape index (κ2) is 14.2. The largest absolute Gasteiger partial charge is 0.480 e. The Labute approximate surface area is 82.2 Å². The molecule has 0 atom stereocenters. The van der Waals surface area contributed by atoms with Crippen molar-refractivity contribution in [3.05, 3.63) is 0 Å². The van der Waals surface area contributed by atoms with Crippen molar-refractivity contribution in [2.24, 2.45) is 0 Å². The lowest BCUT2D eigenvalue weighted by Crippen LogP contribution is -2.05. The number of ether oxygens (including phenoxy) is 2. The molecule has 0 spiro atoms. The number of halogens is 1. The molecule has 0 fully saturated rings. The minimum atomic E-state index is -0.980. The first-order valence-corrected chi connectivity index (χ1v) is 4.17. The molecule has 0 rings (SSSR count). The van der Waals surface area contributed by atoms with E-state index in [4.69, 9.17) is 26.6 Å². The summed E-state index contributed by atoms with van der Waals surface area (Å²) in [5.74, 6) is -1.29. The SMILES string of the molecule is COCCOCCO.O=C(O)CCl. The van der Waals surface area contributed by atoms with E-state index in [1.165, 1.54) is 0 Å². The van der Waals surface area contributed by atoms with E-state index in [9.17, 15) is 4.79 Å². The third-order valence-corrected chi connectivity index (χ3v) is 1.01. The fourth-order valence-corrected chi connectivity index (χ4v) is 0.309. The number of carboxylic acids is 1. The monoisotopic (exact) mass is 214 g/mol. The van der Waals surface area contributed by atoms with Crippen molar-refractivity contribution >= 4 is 17.6 Å². The summed E-state index contributed by atoms with van der Waals surface area (Å²) in [6, 6.07) is 0. The Morgan fingerprint density at radius 1 is 1.38 bits per heavy atom. The van der Waals surface area contributed by atoms with Gasteiger partial charge in [0.25, 0.3) is 0 Å². The summed E-state index contributed by atoms with van der Waals surface area (Å²) in [6.45, 7) is 1.66. The number of aliphatic hydroxyl groups excluding tert-OH is 1. The van der Waals surface area contributed by atoms with Crippen molar-refractivity contribution in [3.8, 4) is 0 Å². The van der Waals surface area contributed by atoms with Gasteiger partial charge < -0.3 is 19.7 Å². The lowest BCUT2D eigenvalue weighted by Gasteiger charge is -1.98. The Bertz CT molecular complexity index is 103. The van der Waals surface area contributed by atoms with E-state index in [2.05, 4.69) is 4.74 Å². The first-order chi connectivity index (χ1) is 6.18. The molecule has 0 heterocycles. The zero-order chi connectivity index (χ0) is 10.5. The average molecular weight is 215 g/mol. The molecule has 0 aliphatic heterocycles. The molecule has 0 bridgehead atoms. The van der Waals surface area contributed by atoms with Crippen LogP contribution in [0, 0.1) is 0 Å². The lowest BCUT2D eigenvalue weighted by atomic mass is 10.7. The molecule has 0 saturated carbocycles. The molecule has 13 heavy (non-hydrogen) atoms. The fraction of sp³-hybridized carbons (Fsp3) is 0.857. The maximum absolute atomic E-state index is 9.24. The number of alkyl halides is 1. The number of carboxylic acid groups (broad SMARTS) is 1. The summed E-state index contributed by atoms with van der Waals surface area (Å²) in [7, 11) is 1.61. The molecule has 0 aromatic rings. The van der Waals surface area contributed by atoms with Gasteiger partial charge in [0.05, 0.1) is 26.4 Å². The second-order valence-corrected chi connectivity index (χ2v) is 2.12. The summed E-state index contributed by atoms with van der Waals surface area (Å²) in [5.41, 5.74) is 0. The van der Waals surface area contributed by atoms with E-state index in [1.807, 2.05) is 0 Å². The van der Waals surface area contributed by atoms with Crippen LogP contribution in [0.4, 0.5) is 0 Å².